The first-order valence-corrected chi connectivity index (χ1v) is 13.1. The Hall–Kier alpha value is -2.23. The van der Waals surface area contributed by atoms with Gasteiger partial charge in [0.2, 0.25) is 16.0 Å². The average Bonchev–Trinajstić information content (AvgIpc) is 3.29. The molecule has 1 aliphatic carbocycles. The summed E-state index contributed by atoms with van der Waals surface area (Å²) in [7, 11) is -1.32. The number of likely N-dealkylation sites (N-methyl/N-ethyl adjacent to an activating group) is 1. The zero-order valence-corrected chi connectivity index (χ0v) is 19.5. The Bertz CT molecular complexity index is 1050. The van der Waals surface area contributed by atoms with Gasteiger partial charge in [0.05, 0.1) is 10.6 Å². The summed E-state index contributed by atoms with van der Waals surface area (Å²) in [6.07, 6.45) is 5.07. The van der Waals surface area contributed by atoms with E-state index in [2.05, 4.69) is 22.2 Å². The summed E-state index contributed by atoms with van der Waals surface area (Å²) in [6.45, 7) is 4.87. The molecular weight excluding hydrogens is 424 g/mol. The van der Waals surface area contributed by atoms with E-state index in [0.29, 0.717) is 18.0 Å². The van der Waals surface area contributed by atoms with Crippen LogP contribution < -0.4 is 10.2 Å². The van der Waals surface area contributed by atoms with E-state index in [1.807, 2.05) is 6.07 Å². The van der Waals surface area contributed by atoms with Crippen LogP contribution in [0.25, 0.3) is 0 Å². The molecule has 2 aliphatic heterocycles. The number of benzene rings is 1. The molecular formula is C23H32N6O2S. The summed E-state index contributed by atoms with van der Waals surface area (Å²) in [5, 5.41) is 3.62. The lowest BCUT2D eigenvalue weighted by molar-refractivity contribution is 0.311. The number of anilines is 2. The summed E-state index contributed by atoms with van der Waals surface area (Å²) in [5.74, 6) is 1.72. The summed E-state index contributed by atoms with van der Waals surface area (Å²) in [6, 6.07) is 8.76. The molecule has 9 heteroatoms. The fraction of sp³-hybridized carbons (Fsp3) is 0.565. The van der Waals surface area contributed by atoms with Crippen LogP contribution in [0.2, 0.25) is 0 Å². The molecule has 1 aromatic heterocycles. The fourth-order valence-corrected chi connectivity index (χ4v) is 6.37. The Morgan fingerprint density at radius 2 is 1.72 bits per heavy atom. The quantitative estimate of drug-likeness (QED) is 0.737. The van der Waals surface area contributed by atoms with Crippen LogP contribution in [0.4, 0.5) is 11.8 Å². The number of aryl methyl sites for hydroxylation is 1. The topological polar surface area (TPSA) is 81.7 Å². The number of hydrogen-bond donors (Lipinski definition) is 1. The molecule has 0 radical (unpaired) electrons. The number of piperazine rings is 1. The molecule has 3 aliphatic rings. The Kier molecular flexibility index (Phi) is 6.05. The van der Waals surface area contributed by atoms with Crippen molar-refractivity contribution in [1.29, 1.82) is 0 Å². The van der Waals surface area contributed by atoms with Crippen molar-refractivity contribution >= 4 is 21.8 Å². The molecule has 172 valence electrons. The van der Waals surface area contributed by atoms with E-state index in [1.165, 1.54) is 5.56 Å². The largest absolute Gasteiger partial charge is 0.366 e. The molecule has 1 N–H and O–H groups in total. The Labute approximate surface area is 190 Å². The van der Waals surface area contributed by atoms with E-state index >= 15 is 0 Å². The second-order valence-corrected chi connectivity index (χ2v) is 11.0. The van der Waals surface area contributed by atoms with Crippen LogP contribution in [0, 0.1) is 0 Å². The van der Waals surface area contributed by atoms with Crippen molar-refractivity contribution in [3.63, 3.8) is 0 Å². The predicted molar refractivity (Wildman–Crippen MR) is 126 cm³/mol. The SMILES string of the molecule is CN1CCN(c2nc3c(c(N[C@@H]4CCN(S(=O)(=O)c5ccccc5)C4)n2)CCCC3)CC1. The van der Waals surface area contributed by atoms with Gasteiger partial charge in [-0.05, 0) is 51.3 Å². The summed E-state index contributed by atoms with van der Waals surface area (Å²) in [4.78, 5) is 14.9. The molecule has 5 rings (SSSR count). The highest BCUT2D eigenvalue weighted by atomic mass is 32.2. The second-order valence-electron chi connectivity index (χ2n) is 9.10. The van der Waals surface area contributed by atoms with Gasteiger partial charge in [0.1, 0.15) is 5.82 Å². The van der Waals surface area contributed by atoms with Gasteiger partial charge < -0.3 is 15.1 Å². The zero-order valence-electron chi connectivity index (χ0n) is 18.7. The zero-order chi connectivity index (χ0) is 22.1. The Balaban J connectivity index is 1.35. The van der Waals surface area contributed by atoms with Gasteiger partial charge in [0.25, 0.3) is 0 Å². The number of hydrogen-bond acceptors (Lipinski definition) is 7. The van der Waals surface area contributed by atoms with Crippen LogP contribution in [-0.2, 0) is 22.9 Å². The molecule has 32 heavy (non-hydrogen) atoms. The lowest BCUT2D eigenvalue weighted by atomic mass is 9.96. The maximum Gasteiger partial charge on any atom is 0.243 e. The highest BCUT2D eigenvalue weighted by Crippen LogP contribution is 2.30. The predicted octanol–water partition coefficient (Wildman–Crippen LogP) is 1.98. The van der Waals surface area contributed by atoms with Crippen molar-refractivity contribution < 1.29 is 8.42 Å². The van der Waals surface area contributed by atoms with E-state index in [0.717, 1.165) is 75.7 Å². The third-order valence-electron chi connectivity index (χ3n) is 6.83. The maximum absolute atomic E-state index is 13.0. The molecule has 3 heterocycles. The van der Waals surface area contributed by atoms with Crippen molar-refractivity contribution in [3.8, 4) is 0 Å². The average molecular weight is 457 g/mol. The molecule has 0 saturated carbocycles. The monoisotopic (exact) mass is 456 g/mol. The van der Waals surface area contributed by atoms with E-state index < -0.39 is 10.0 Å². The van der Waals surface area contributed by atoms with Crippen LogP contribution in [0.5, 0.6) is 0 Å². The lowest BCUT2D eigenvalue weighted by Gasteiger charge is -2.33. The van der Waals surface area contributed by atoms with E-state index in [1.54, 1.807) is 28.6 Å². The molecule has 0 amide bonds. The standard InChI is InChI=1S/C23H32N6O2S/c1-27-13-15-28(16-14-27)23-25-21-10-6-5-9-20(21)22(26-23)24-18-11-12-29(17-18)32(30,31)19-7-3-2-4-8-19/h2-4,7-8,18H,5-6,9-17H2,1H3,(H,24,25,26)/t18-/m1/s1. The molecule has 2 aromatic rings. The van der Waals surface area contributed by atoms with Gasteiger partial charge in [0, 0.05) is 50.9 Å². The highest BCUT2D eigenvalue weighted by molar-refractivity contribution is 7.89. The molecule has 0 unspecified atom stereocenters. The molecule has 0 spiro atoms. The first-order chi connectivity index (χ1) is 15.5. The second kappa shape index (κ2) is 8.96. The minimum atomic E-state index is -3.46. The molecule has 1 atom stereocenters. The minimum absolute atomic E-state index is 0.0507. The number of fused-ring (bicyclic) bond motifs is 1. The van der Waals surface area contributed by atoms with Gasteiger partial charge in [-0.3, -0.25) is 0 Å². The first kappa shape index (κ1) is 21.6. The van der Waals surface area contributed by atoms with Crippen LogP contribution in [0.3, 0.4) is 0 Å². The maximum atomic E-state index is 13.0. The number of aromatic nitrogens is 2. The van der Waals surface area contributed by atoms with Crippen LogP contribution in [0.15, 0.2) is 35.2 Å². The summed E-state index contributed by atoms with van der Waals surface area (Å²) < 4.78 is 27.6. The number of nitrogens with zero attached hydrogens (tertiary/aromatic N) is 5. The Morgan fingerprint density at radius 3 is 2.50 bits per heavy atom. The van der Waals surface area contributed by atoms with Gasteiger partial charge in [-0.15, -0.1) is 0 Å². The molecule has 2 saturated heterocycles. The van der Waals surface area contributed by atoms with Gasteiger partial charge in [-0.2, -0.15) is 9.29 Å². The Morgan fingerprint density at radius 1 is 0.969 bits per heavy atom. The van der Waals surface area contributed by atoms with Crippen LogP contribution >= 0.6 is 0 Å². The summed E-state index contributed by atoms with van der Waals surface area (Å²) >= 11 is 0. The first-order valence-electron chi connectivity index (χ1n) is 11.7. The van der Waals surface area contributed by atoms with Gasteiger partial charge in [-0.1, -0.05) is 18.2 Å². The lowest BCUT2D eigenvalue weighted by Crippen LogP contribution is -2.45. The summed E-state index contributed by atoms with van der Waals surface area (Å²) in [5.41, 5.74) is 2.38. The van der Waals surface area contributed by atoms with Crippen molar-refractivity contribution in [2.75, 3.05) is 56.5 Å². The van der Waals surface area contributed by atoms with Gasteiger partial charge in [0.15, 0.2) is 0 Å². The van der Waals surface area contributed by atoms with Crippen molar-refractivity contribution in [2.45, 2.75) is 43.0 Å². The fourth-order valence-electron chi connectivity index (χ4n) is 4.85. The van der Waals surface area contributed by atoms with Crippen LogP contribution in [-0.4, -0.2) is 79.9 Å². The van der Waals surface area contributed by atoms with E-state index in [4.69, 9.17) is 9.97 Å². The third kappa shape index (κ3) is 4.33. The van der Waals surface area contributed by atoms with Crippen LogP contribution in [0.1, 0.15) is 30.5 Å². The molecule has 2 fully saturated rings. The highest BCUT2D eigenvalue weighted by Gasteiger charge is 2.33. The number of sulfonamides is 1. The van der Waals surface area contributed by atoms with E-state index in [-0.39, 0.29) is 6.04 Å². The van der Waals surface area contributed by atoms with Gasteiger partial charge in [-0.25, -0.2) is 13.4 Å². The molecule has 0 bridgehead atoms. The van der Waals surface area contributed by atoms with Crippen molar-refractivity contribution in [3.05, 3.63) is 41.6 Å². The smallest absolute Gasteiger partial charge is 0.243 e. The van der Waals surface area contributed by atoms with E-state index in [9.17, 15) is 8.42 Å². The molecule has 8 nitrogen and oxygen atoms in total. The van der Waals surface area contributed by atoms with Gasteiger partial charge >= 0.3 is 0 Å². The van der Waals surface area contributed by atoms with Crippen molar-refractivity contribution in [1.82, 2.24) is 19.2 Å². The normalized spacial score (nSPS) is 22.7. The third-order valence-corrected chi connectivity index (χ3v) is 8.71. The number of nitrogens with one attached hydrogen (secondary N) is 1. The molecule has 1 aromatic carbocycles. The number of rotatable bonds is 5. The minimum Gasteiger partial charge on any atom is -0.366 e. The van der Waals surface area contributed by atoms with Crippen molar-refractivity contribution in [2.24, 2.45) is 0 Å².